The van der Waals surface area contributed by atoms with Crippen LogP contribution in [-0.2, 0) is 4.79 Å². The van der Waals surface area contributed by atoms with Gasteiger partial charge in [-0.05, 0) is 43.4 Å². The Morgan fingerprint density at radius 2 is 2.15 bits per heavy atom. The van der Waals surface area contributed by atoms with Crippen LogP contribution in [-0.4, -0.2) is 35.8 Å². The first-order valence-corrected chi connectivity index (χ1v) is 8.34. The molecule has 3 nitrogen and oxygen atoms in total. The second-order valence-electron chi connectivity index (χ2n) is 5.39. The molecule has 4 heteroatoms. The van der Waals surface area contributed by atoms with Gasteiger partial charge in [-0.2, -0.15) is 0 Å². The first-order chi connectivity index (χ1) is 9.69. The van der Waals surface area contributed by atoms with Gasteiger partial charge in [0.05, 0.1) is 13.0 Å². The highest BCUT2D eigenvalue weighted by Crippen LogP contribution is 2.19. The lowest BCUT2D eigenvalue weighted by Crippen LogP contribution is -2.39. The normalized spacial score (nSPS) is 16.2. The highest BCUT2D eigenvalue weighted by Gasteiger charge is 2.21. The Hall–Kier alpha value is -1.03. The molecule has 0 atom stereocenters. The smallest absolute Gasteiger partial charge is 0.225 e. The van der Waals surface area contributed by atoms with E-state index in [1.54, 1.807) is 0 Å². The summed E-state index contributed by atoms with van der Waals surface area (Å²) in [5.74, 6) is 1.78. The molecule has 1 fully saturated rings. The number of amides is 1. The largest absolute Gasteiger partial charge is 0.493 e. The fourth-order valence-corrected chi connectivity index (χ4v) is 3.10. The van der Waals surface area contributed by atoms with E-state index in [0.29, 0.717) is 13.0 Å². The molecule has 1 amide bonds. The predicted molar refractivity (Wildman–Crippen MR) is 84.4 cm³/mol. The second-order valence-corrected chi connectivity index (χ2v) is 6.04. The third-order valence-corrected chi connectivity index (χ3v) is 4.68. The summed E-state index contributed by atoms with van der Waals surface area (Å²) in [6, 6.07) is 7.93. The minimum Gasteiger partial charge on any atom is -0.493 e. The van der Waals surface area contributed by atoms with E-state index in [2.05, 4.69) is 15.9 Å². The lowest BCUT2D eigenvalue weighted by molar-refractivity contribution is -0.133. The number of carbonyl (C=O) groups is 1. The number of nitrogens with zero attached hydrogens (tertiary/aromatic N) is 1. The number of aryl methyl sites for hydroxylation is 1. The number of piperidine rings is 1. The molecule has 2 rings (SSSR count). The molecule has 0 aliphatic carbocycles. The zero-order valence-electron chi connectivity index (χ0n) is 12.0. The topological polar surface area (TPSA) is 29.5 Å². The molecular weight excluding hydrogens is 318 g/mol. The van der Waals surface area contributed by atoms with Gasteiger partial charge in [-0.1, -0.05) is 28.1 Å². The summed E-state index contributed by atoms with van der Waals surface area (Å²) in [5.41, 5.74) is 1.17. The van der Waals surface area contributed by atoms with Gasteiger partial charge in [-0.15, -0.1) is 0 Å². The third kappa shape index (κ3) is 4.51. The van der Waals surface area contributed by atoms with Crippen LogP contribution < -0.4 is 4.74 Å². The van der Waals surface area contributed by atoms with Crippen molar-refractivity contribution in [2.75, 3.05) is 25.0 Å². The molecule has 0 unspecified atom stereocenters. The van der Waals surface area contributed by atoms with Gasteiger partial charge in [0.1, 0.15) is 5.75 Å². The number of carbonyl (C=O) groups excluding carboxylic acids is 1. The fourth-order valence-electron chi connectivity index (χ4n) is 2.46. The van der Waals surface area contributed by atoms with Gasteiger partial charge in [0.25, 0.3) is 0 Å². The molecule has 110 valence electrons. The molecular formula is C16H22BrNO2. The van der Waals surface area contributed by atoms with E-state index in [1.807, 2.05) is 36.1 Å². The molecule has 1 saturated heterocycles. The minimum absolute atomic E-state index is 0.214. The van der Waals surface area contributed by atoms with E-state index in [9.17, 15) is 4.79 Å². The van der Waals surface area contributed by atoms with E-state index in [-0.39, 0.29) is 5.91 Å². The van der Waals surface area contributed by atoms with E-state index < -0.39 is 0 Å². The molecule has 0 radical (unpaired) electrons. The van der Waals surface area contributed by atoms with Crippen molar-refractivity contribution in [3.63, 3.8) is 0 Å². The molecule has 0 N–H and O–H groups in total. The van der Waals surface area contributed by atoms with Crippen LogP contribution in [0.3, 0.4) is 0 Å². The lowest BCUT2D eigenvalue weighted by Gasteiger charge is -2.31. The maximum absolute atomic E-state index is 12.1. The zero-order chi connectivity index (χ0) is 14.4. The lowest BCUT2D eigenvalue weighted by atomic mass is 9.99. The van der Waals surface area contributed by atoms with Crippen LogP contribution in [0, 0.1) is 12.8 Å². The van der Waals surface area contributed by atoms with Crippen LogP contribution in [0.1, 0.15) is 24.8 Å². The Morgan fingerprint density at radius 1 is 1.40 bits per heavy atom. The number of hydrogen-bond acceptors (Lipinski definition) is 2. The Kier molecular flexibility index (Phi) is 5.89. The van der Waals surface area contributed by atoms with Gasteiger partial charge >= 0.3 is 0 Å². The van der Waals surface area contributed by atoms with Crippen LogP contribution >= 0.6 is 15.9 Å². The number of halogens is 1. The highest BCUT2D eigenvalue weighted by atomic mass is 79.9. The van der Waals surface area contributed by atoms with Crippen molar-refractivity contribution in [1.82, 2.24) is 4.90 Å². The molecule has 20 heavy (non-hydrogen) atoms. The zero-order valence-corrected chi connectivity index (χ0v) is 13.6. The Labute approximate surface area is 129 Å². The molecule has 1 aliphatic rings. The van der Waals surface area contributed by atoms with Gasteiger partial charge in [0.2, 0.25) is 5.91 Å². The second kappa shape index (κ2) is 7.67. The maximum Gasteiger partial charge on any atom is 0.225 e. The van der Waals surface area contributed by atoms with Crippen molar-refractivity contribution in [3.05, 3.63) is 29.8 Å². The van der Waals surface area contributed by atoms with E-state index in [0.717, 1.165) is 42.9 Å². The monoisotopic (exact) mass is 339 g/mol. The number of rotatable bonds is 5. The minimum atomic E-state index is 0.214. The van der Waals surface area contributed by atoms with Crippen molar-refractivity contribution in [2.24, 2.45) is 5.92 Å². The fraction of sp³-hybridized carbons (Fsp3) is 0.562. The molecule has 0 aromatic heterocycles. The Morgan fingerprint density at radius 3 is 2.80 bits per heavy atom. The van der Waals surface area contributed by atoms with Crippen LogP contribution in [0.4, 0.5) is 0 Å². The van der Waals surface area contributed by atoms with Crippen molar-refractivity contribution in [1.29, 1.82) is 0 Å². The number of likely N-dealkylation sites (tertiary alicyclic amines) is 1. The summed E-state index contributed by atoms with van der Waals surface area (Å²) in [7, 11) is 0. The van der Waals surface area contributed by atoms with Gasteiger partial charge in [0.15, 0.2) is 0 Å². The average molecular weight is 340 g/mol. The predicted octanol–water partition coefficient (Wildman–Crippen LogP) is 3.40. The number of hydrogen-bond donors (Lipinski definition) is 0. The number of alkyl halides is 1. The summed E-state index contributed by atoms with van der Waals surface area (Å²) in [4.78, 5) is 14.1. The highest BCUT2D eigenvalue weighted by molar-refractivity contribution is 9.09. The van der Waals surface area contributed by atoms with E-state index in [4.69, 9.17) is 4.74 Å². The molecule has 0 spiro atoms. The maximum atomic E-state index is 12.1. The molecule has 1 aliphatic heterocycles. The number of benzene rings is 1. The molecule has 1 aromatic carbocycles. The quantitative estimate of drug-likeness (QED) is 0.769. The molecule has 0 bridgehead atoms. The average Bonchev–Trinajstić information content (AvgIpc) is 2.47. The van der Waals surface area contributed by atoms with Crippen LogP contribution in [0.25, 0.3) is 0 Å². The van der Waals surface area contributed by atoms with Crippen LogP contribution in [0.15, 0.2) is 24.3 Å². The summed E-state index contributed by atoms with van der Waals surface area (Å²) < 4.78 is 5.64. The van der Waals surface area contributed by atoms with Gasteiger partial charge < -0.3 is 9.64 Å². The van der Waals surface area contributed by atoms with Gasteiger partial charge in [-0.3, -0.25) is 4.79 Å². The SMILES string of the molecule is Cc1cccc(OCCC(=O)N2CCC(CBr)CC2)c1. The van der Waals surface area contributed by atoms with Crippen molar-refractivity contribution in [2.45, 2.75) is 26.2 Å². The summed E-state index contributed by atoms with van der Waals surface area (Å²) in [5, 5.41) is 1.05. The van der Waals surface area contributed by atoms with Gasteiger partial charge in [-0.25, -0.2) is 0 Å². The number of ether oxygens (including phenoxy) is 1. The van der Waals surface area contributed by atoms with Gasteiger partial charge in [0, 0.05) is 18.4 Å². The van der Waals surface area contributed by atoms with Crippen LogP contribution in [0.2, 0.25) is 0 Å². The van der Waals surface area contributed by atoms with E-state index >= 15 is 0 Å². The summed E-state index contributed by atoms with van der Waals surface area (Å²) in [6.45, 7) is 4.27. The van der Waals surface area contributed by atoms with E-state index in [1.165, 1.54) is 5.56 Å². The summed E-state index contributed by atoms with van der Waals surface area (Å²) in [6.07, 6.45) is 2.68. The van der Waals surface area contributed by atoms with Crippen molar-refractivity contribution < 1.29 is 9.53 Å². The first-order valence-electron chi connectivity index (χ1n) is 7.22. The third-order valence-electron chi connectivity index (χ3n) is 3.76. The first kappa shape index (κ1) is 15.4. The molecule has 1 aromatic rings. The standard InChI is InChI=1S/C16H22BrNO2/c1-13-3-2-4-15(11-13)20-10-7-16(19)18-8-5-14(12-17)6-9-18/h2-4,11,14H,5-10,12H2,1H3. The van der Waals surface area contributed by atoms with Crippen LogP contribution in [0.5, 0.6) is 5.75 Å². The van der Waals surface area contributed by atoms with Crippen molar-refractivity contribution >= 4 is 21.8 Å². The molecule has 0 saturated carbocycles. The molecule has 1 heterocycles. The van der Waals surface area contributed by atoms with Crippen molar-refractivity contribution in [3.8, 4) is 5.75 Å². The Balaban J connectivity index is 1.70. The Bertz CT molecular complexity index is 442. The summed E-state index contributed by atoms with van der Waals surface area (Å²) >= 11 is 3.52.